The molecular formula is C14H12ClN3O3S. The maximum atomic E-state index is 12.3. The molecule has 1 N–H and O–H groups in total. The van der Waals surface area contributed by atoms with Crippen LogP contribution in [0.1, 0.15) is 10.5 Å². The molecule has 0 saturated carbocycles. The molecule has 3 rings (SSSR count). The third kappa shape index (κ3) is 2.60. The number of carbonyl (C=O) groups excluding carboxylic acids is 1. The maximum absolute atomic E-state index is 12.3. The number of aromatic nitrogens is 2. The van der Waals surface area contributed by atoms with Gasteiger partial charge in [-0.05, 0) is 0 Å². The van der Waals surface area contributed by atoms with E-state index in [4.69, 9.17) is 21.1 Å². The first kappa shape index (κ1) is 14.7. The summed E-state index contributed by atoms with van der Waals surface area (Å²) in [5.41, 5.74) is 0.785. The molecule has 0 aliphatic heterocycles. The minimum Gasteiger partial charge on any atom is -0.495 e. The quantitative estimate of drug-likeness (QED) is 0.793. The lowest BCUT2D eigenvalue weighted by atomic mass is 10.2. The highest BCUT2D eigenvalue weighted by atomic mass is 35.5. The number of halogens is 1. The number of carbonyl (C=O) groups is 1. The summed E-state index contributed by atoms with van der Waals surface area (Å²) in [7, 11) is 3.00. The van der Waals surface area contributed by atoms with E-state index < -0.39 is 0 Å². The van der Waals surface area contributed by atoms with Crippen LogP contribution < -0.4 is 14.8 Å². The van der Waals surface area contributed by atoms with Crippen LogP contribution >= 0.6 is 22.9 Å². The SMILES string of the molecule is COc1cc(NC(=O)c2cn3ccsc3n2)c(OC)cc1Cl. The fourth-order valence-corrected chi connectivity index (χ4v) is 2.91. The fraction of sp³-hybridized carbons (Fsp3) is 0.143. The topological polar surface area (TPSA) is 64.9 Å². The number of thiazole rings is 1. The van der Waals surface area contributed by atoms with Gasteiger partial charge in [0.2, 0.25) is 0 Å². The molecule has 0 aliphatic carbocycles. The third-order valence-corrected chi connectivity index (χ3v) is 4.11. The maximum Gasteiger partial charge on any atom is 0.276 e. The van der Waals surface area contributed by atoms with Crippen LogP contribution in [0.4, 0.5) is 5.69 Å². The summed E-state index contributed by atoms with van der Waals surface area (Å²) in [6.45, 7) is 0. The Morgan fingerprint density at radius 1 is 1.32 bits per heavy atom. The van der Waals surface area contributed by atoms with Crippen molar-refractivity contribution < 1.29 is 14.3 Å². The van der Waals surface area contributed by atoms with Crippen molar-refractivity contribution in [1.82, 2.24) is 9.38 Å². The van der Waals surface area contributed by atoms with Crippen LogP contribution in [0.25, 0.3) is 4.96 Å². The predicted molar refractivity (Wildman–Crippen MR) is 85.6 cm³/mol. The lowest BCUT2D eigenvalue weighted by Crippen LogP contribution is -2.13. The van der Waals surface area contributed by atoms with E-state index in [1.54, 1.807) is 22.7 Å². The number of nitrogens with one attached hydrogen (secondary N) is 1. The van der Waals surface area contributed by atoms with Crippen LogP contribution in [-0.4, -0.2) is 29.5 Å². The van der Waals surface area contributed by atoms with Gasteiger partial charge in [-0.2, -0.15) is 0 Å². The number of hydrogen-bond donors (Lipinski definition) is 1. The van der Waals surface area contributed by atoms with Gasteiger partial charge in [0.1, 0.15) is 17.2 Å². The Morgan fingerprint density at radius 3 is 2.77 bits per heavy atom. The van der Waals surface area contributed by atoms with E-state index in [1.165, 1.54) is 25.6 Å². The van der Waals surface area contributed by atoms with Gasteiger partial charge in [-0.1, -0.05) is 11.6 Å². The number of nitrogens with zero attached hydrogens (tertiary/aromatic N) is 2. The highest BCUT2D eigenvalue weighted by Crippen LogP contribution is 2.36. The van der Waals surface area contributed by atoms with Gasteiger partial charge in [0.25, 0.3) is 5.91 Å². The Morgan fingerprint density at radius 2 is 2.09 bits per heavy atom. The zero-order chi connectivity index (χ0) is 15.7. The average Bonchev–Trinajstić information content (AvgIpc) is 3.09. The minimum absolute atomic E-state index is 0.322. The number of benzene rings is 1. The lowest BCUT2D eigenvalue weighted by molar-refractivity contribution is 0.102. The van der Waals surface area contributed by atoms with Gasteiger partial charge in [-0.25, -0.2) is 4.98 Å². The number of anilines is 1. The lowest BCUT2D eigenvalue weighted by Gasteiger charge is -2.12. The van der Waals surface area contributed by atoms with Gasteiger partial charge in [-0.15, -0.1) is 11.3 Å². The van der Waals surface area contributed by atoms with Crippen molar-refractivity contribution in [3.63, 3.8) is 0 Å². The van der Waals surface area contributed by atoms with E-state index in [-0.39, 0.29) is 5.91 Å². The Bertz CT molecular complexity index is 815. The van der Waals surface area contributed by atoms with Gasteiger partial charge in [0, 0.05) is 29.9 Å². The number of ether oxygens (including phenoxy) is 2. The van der Waals surface area contributed by atoms with Crippen molar-refractivity contribution in [2.24, 2.45) is 0 Å². The summed E-state index contributed by atoms with van der Waals surface area (Å²) in [5, 5.41) is 5.06. The summed E-state index contributed by atoms with van der Waals surface area (Å²) in [6, 6.07) is 3.19. The zero-order valence-corrected chi connectivity index (χ0v) is 13.4. The molecule has 0 bridgehead atoms. The number of amides is 1. The molecule has 8 heteroatoms. The van der Waals surface area contributed by atoms with Crippen molar-refractivity contribution in [3.05, 3.63) is 40.6 Å². The van der Waals surface area contributed by atoms with E-state index >= 15 is 0 Å². The van der Waals surface area contributed by atoms with Crippen molar-refractivity contribution in [2.45, 2.75) is 0 Å². The second kappa shape index (κ2) is 5.86. The molecule has 0 unspecified atom stereocenters. The van der Waals surface area contributed by atoms with Gasteiger partial charge in [-0.3, -0.25) is 9.20 Å². The highest BCUT2D eigenvalue weighted by Gasteiger charge is 2.16. The number of rotatable bonds is 4. The molecule has 0 fully saturated rings. The van der Waals surface area contributed by atoms with E-state index in [1.807, 2.05) is 11.6 Å². The third-order valence-electron chi connectivity index (χ3n) is 3.05. The van der Waals surface area contributed by atoms with Crippen LogP contribution in [0, 0.1) is 0 Å². The average molecular weight is 338 g/mol. The van der Waals surface area contributed by atoms with Crippen molar-refractivity contribution in [3.8, 4) is 11.5 Å². The first-order valence-electron chi connectivity index (χ1n) is 6.27. The molecule has 1 amide bonds. The fourth-order valence-electron chi connectivity index (χ4n) is 1.98. The van der Waals surface area contributed by atoms with Gasteiger partial charge >= 0.3 is 0 Å². The van der Waals surface area contributed by atoms with E-state index in [9.17, 15) is 4.79 Å². The van der Waals surface area contributed by atoms with Gasteiger partial charge in [0.05, 0.1) is 24.9 Å². The first-order valence-corrected chi connectivity index (χ1v) is 7.53. The van der Waals surface area contributed by atoms with Crippen molar-refractivity contribution in [1.29, 1.82) is 0 Å². The largest absolute Gasteiger partial charge is 0.495 e. The molecular weight excluding hydrogens is 326 g/mol. The number of methoxy groups -OCH3 is 2. The summed E-state index contributed by atoms with van der Waals surface area (Å²) < 4.78 is 12.2. The first-order chi connectivity index (χ1) is 10.6. The molecule has 6 nitrogen and oxygen atoms in total. The van der Waals surface area contributed by atoms with E-state index in [0.29, 0.717) is 27.9 Å². The molecule has 3 aromatic rings. The summed E-state index contributed by atoms with van der Waals surface area (Å²) in [4.78, 5) is 17.3. The second-order valence-corrected chi connectivity index (χ2v) is 5.64. The normalized spacial score (nSPS) is 10.7. The van der Waals surface area contributed by atoms with E-state index in [0.717, 1.165) is 4.96 Å². The summed E-state index contributed by atoms with van der Waals surface area (Å²) in [6.07, 6.45) is 3.51. The van der Waals surface area contributed by atoms with Crippen LogP contribution in [0.15, 0.2) is 29.9 Å². The predicted octanol–water partition coefficient (Wildman–Crippen LogP) is 3.32. The highest BCUT2D eigenvalue weighted by molar-refractivity contribution is 7.15. The van der Waals surface area contributed by atoms with Crippen LogP contribution in [0.5, 0.6) is 11.5 Å². The molecule has 2 aromatic heterocycles. The monoisotopic (exact) mass is 337 g/mol. The molecule has 114 valence electrons. The molecule has 0 atom stereocenters. The standard InChI is InChI=1S/C14H12ClN3O3S/c1-20-11-6-9(12(21-2)5-8(11)15)16-13(19)10-7-18-3-4-22-14(18)17-10/h3-7H,1-2H3,(H,16,19). The van der Waals surface area contributed by atoms with Crippen molar-refractivity contribution >= 4 is 39.5 Å². The number of fused-ring (bicyclic) bond motifs is 1. The molecule has 22 heavy (non-hydrogen) atoms. The Hall–Kier alpha value is -2.25. The van der Waals surface area contributed by atoms with E-state index in [2.05, 4.69) is 10.3 Å². The molecule has 1 aromatic carbocycles. The summed E-state index contributed by atoms with van der Waals surface area (Å²) in [5.74, 6) is 0.558. The Balaban J connectivity index is 1.91. The minimum atomic E-state index is -0.335. The van der Waals surface area contributed by atoms with Gasteiger partial charge < -0.3 is 14.8 Å². The van der Waals surface area contributed by atoms with Gasteiger partial charge in [0.15, 0.2) is 4.96 Å². The summed E-state index contributed by atoms with van der Waals surface area (Å²) >= 11 is 7.50. The number of imidazole rings is 1. The Kier molecular flexibility index (Phi) is 3.91. The Labute approximate surface area is 135 Å². The smallest absolute Gasteiger partial charge is 0.276 e. The molecule has 0 radical (unpaired) electrons. The van der Waals surface area contributed by atoms with Crippen LogP contribution in [0.2, 0.25) is 5.02 Å². The van der Waals surface area contributed by atoms with Crippen LogP contribution in [-0.2, 0) is 0 Å². The van der Waals surface area contributed by atoms with Crippen LogP contribution in [0.3, 0.4) is 0 Å². The molecule has 2 heterocycles. The second-order valence-electron chi connectivity index (χ2n) is 4.36. The molecule has 0 aliphatic rings. The molecule has 0 spiro atoms. The number of hydrogen-bond acceptors (Lipinski definition) is 5. The molecule has 0 saturated heterocycles. The van der Waals surface area contributed by atoms with Crippen molar-refractivity contribution in [2.75, 3.05) is 19.5 Å². The zero-order valence-electron chi connectivity index (χ0n) is 11.8.